The van der Waals surface area contributed by atoms with Crippen LogP contribution in [0.2, 0.25) is 0 Å². The van der Waals surface area contributed by atoms with Gasteiger partial charge in [0.05, 0.1) is 20.3 Å². The Balaban J connectivity index is 2.47. The van der Waals surface area contributed by atoms with E-state index in [0.717, 1.165) is 10.5 Å². The Morgan fingerprint density at radius 1 is 1.17 bits per heavy atom. The number of carbonyl (C=O) groups excluding carboxylic acids is 2. The van der Waals surface area contributed by atoms with Crippen molar-refractivity contribution in [3.63, 3.8) is 0 Å². The highest BCUT2D eigenvalue weighted by Gasteiger charge is 2.35. The summed E-state index contributed by atoms with van der Waals surface area (Å²) in [6.45, 7) is 1.93. The Labute approximate surface area is 140 Å². The van der Waals surface area contributed by atoms with Gasteiger partial charge < -0.3 is 9.47 Å². The van der Waals surface area contributed by atoms with Crippen molar-refractivity contribution < 1.29 is 19.1 Å². The Kier molecular flexibility index (Phi) is 5.51. The van der Waals surface area contributed by atoms with E-state index in [9.17, 15) is 14.9 Å². The summed E-state index contributed by atoms with van der Waals surface area (Å²) in [4.78, 5) is 26.0. The van der Waals surface area contributed by atoms with Gasteiger partial charge in [-0.1, -0.05) is 12.1 Å². The van der Waals surface area contributed by atoms with E-state index in [-0.39, 0.29) is 18.7 Å². The summed E-state index contributed by atoms with van der Waals surface area (Å²) in [5.74, 6) is -0.303. The van der Waals surface area contributed by atoms with Crippen LogP contribution in [0.5, 0.6) is 5.75 Å². The van der Waals surface area contributed by atoms with Crippen molar-refractivity contribution in [2.45, 2.75) is 6.92 Å². The van der Waals surface area contributed by atoms with Crippen LogP contribution < -0.4 is 4.74 Å². The van der Waals surface area contributed by atoms with Gasteiger partial charge >= 0.3 is 0 Å². The zero-order valence-electron chi connectivity index (χ0n) is 13.8. The number of hydrogen-bond acceptors (Lipinski definition) is 5. The van der Waals surface area contributed by atoms with Gasteiger partial charge in [0, 0.05) is 12.7 Å². The lowest BCUT2D eigenvalue weighted by Crippen LogP contribution is -2.44. The predicted octanol–water partition coefficient (Wildman–Crippen LogP) is 1.93. The first-order valence-corrected chi connectivity index (χ1v) is 7.35. The van der Waals surface area contributed by atoms with Crippen molar-refractivity contribution in [2.75, 3.05) is 27.4 Å². The van der Waals surface area contributed by atoms with Crippen LogP contribution in [-0.2, 0) is 14.3 Å². The van der Waals surface area contributed by atoms with Gasteiger partial charge in [-0.2, -0.15) is 5.26 Å². The number of amides is 2. The summed E-state index contributed by atoms with van der Waals surface area (Å²) in [5, 5.41) is 9.27. The molecule has 0 spiro atoms. The van der Waals surface area contributed by atoms with Crippen LogP contribution in [-0.4, -0.2) is 44.1 Å². The quantitative estimate of drug-likeness (QED) is 0.610. The molecule has 1 heterocycles. The molecular weight excluding hydrogens is 308 g/mol. The van der Waals surface area contributed by atoms with Crippen LogP contribution in [0.15, 0.2) is 41.0 Å². The molecule has 124 valence electrons. The molecule has 1 aliphatic heterocycles. The standard InChI is InChI=1S/C18H18N2O4/c1-12-15(10-13-4-6-14(24-3)7-5-13)17(21)20(8-9-23-2)18(22)16(12)11-19/h4-7,10H,8-9H2,1-3H3/b15-10+. The maximum atomic E-state index is 12.7. The smallest absolute Gasteiger partial charge is 0.271 e. The predicted molar refractivity (Wildman–Crippen MR) is 87.9 cm³/mol. The number of rotatable bonds is 5. The summed E-state index contributed by atoms with van der Waals surface area (Å²) < 4.78 is 10.0. The Hall–Kier alpha value is -2.91. The number of ether oxygens (including phenoxy) is 2. The molecule has 1 aromatic rings. The summed E-state index contributed by atoms with van der Waals surface area (Å²) >= 11 is 0. The average molecular weight is 326 g/mol. The molecule has 0 unspecified atom stereocenters. The minimum absolute atomic E-state index is 0.0227. The second-order valence-electron chi connectivity index (χ2n) is 5.20. The molecule has 1 aromatic carbocycles. The SMILES string of the molecule is COCCN1C(=O)C(C#N)=C(C)/C(=C\c2ccc(OC)cc2)C1=O. The number of methoxy groups -OCH3 is 2. The maximum Gasteiger partial charge on any atom is 0.271 e. The van der Waals surface area contributed by atoms with E-state index in [0.29, 0.717) is 16.9 Å². The molecule has 0 radical (unpaired) electrons. The van der Waals surface area contributed by atoms with Crippen molar-refractivity contribution in [3.05, 3.63) is 46.5 Å². The van der Waals surface area contributed by atoms with Gasteiger partial charge in [-0.3, -0.25) is 14.5 Å². The van der Waals surface area contributed by atoms with Gasteiger partial charge in [-0.25, -0.2) is 0 Å². The lowest BCUT2D eigenvalue weighted by atomic mass is 9.93. The molecule has 6 nitrogen and oxygen atoms in total. The molecule has 0 bridgehead atoms. The minimum Gasteiger partial charge on any atom is -0.497 e. The van der Waals surface area contributed by atoms with Crippen molar-refractivity contribution in [1.29, 1.82) is 5.26 Å². The summed E-state index contributed by atoms with van der Waals surface area (Å²) in [5.41, 5.74) is 1.46. The summed E-state index contributed by atoms with van der Waals surface area (Å²) in [6, 6.07) is 9.05. The van der Waals surface area contributed by atoms with E-state index in [1.807, 2.05) is 6.07 Å². The number of imide groups is 1. The summed E-state index contributed by atoms with van der Waals surface area (Å²) in [7, 11) is 3.06. The van der Waals surface area contributed by atoms with Crippen molar-refractivity contribution in [1.82, 2.24) is 4.90 Å². The van der Waals surface area contributed by atoms with Crippen molar-refractivity contribution >= 4 is 17.9 Å². The fourth-order valence-electron chi connectivity index (χ4n) is 2.38. The molecule has 0 saturated carbocycles. The normalized spacial score (nSPS) is 16.6. The van der Waals surface area contributed by atoms with Crippen LogP contribution in [0.25, 0.3) is 6.08 Å². The first-order valence-electron chi connectivity index (χ1n) is 7.35. The van der Waals surface area contributed by atoms with E-state index in [2.05, 4.69) is 0 Å². The van der Waals surface area contributed by atoms with Crippen LogP contribution in [0.1, 0.15) is 12.5 Å². The van der Waals surface area contributed by atoms with E-state index in [4.69, 9.17) is 9.47 Å². The minimum atomic E-state index is -0.580. The van der Waals surface area contributed by atoms with Gasteiger partial charge in [-0.05, 0) is 36.3 Å². The third kappa shape index (κ3) is 3.36. The highest BCUT2D eigenvalue weighted by atomic mass is 16.5. The van der Waals surface area contributed by atoms with Gasteiger partial charge in [0.1, 0.15) is 17.4 Å². The Morgan fingerprint density at radius 2 is 1.83 bits per heavy atom. The molecule has 6 heteroatoms. The fourth-order valence-corrected chi connectivity index (χ4v) is 2.38. The van der Waals surface area contributed by atoms with E-state index in [1.54, 1.807) is 44.4 Å². The third-order valence-corrected chi connectivity index (χ3v) is 3.77. The van der Waals surface area contributed by atoms with Gasteiger partial charge in [0.2, 0.25) is 0 Å². The topological polar surface area (TPSA) is 79.6 Å². The van der Waals surface area contributed by atoms with Crippen LogP contribution >= 0.6 is 0 Å². The lowest BCUT2D eigenvalue weighted by molar-refractivity contribution is -0.141. The second kappa shape index (κ2) is 7.57. The lowest BCUT2D eigenvalue weighted by Gasteiger charge is -2.27. The monoisotopic (exact) mass is 326 g/mol. The number of carbonyl (C=O) groups is 2. The first kappa shape index (κ1) is 17.4. The number of nitriles is 1. The molecule has 0 saturated heterocycles. The van der Waals surface area contributed by atoms with Gasteiger partial charge in [0.25, 0.3) is 11.8 Å². The highest BCUT2D eigenvalue weighted by molar-refractivity contribution is 6.19. The molecule has 0 N–H and O–H groups in total. The Bertz CT molecular complexity index is 754. The molecule has 0 atom stereocenters. The van der Waals surface area contributed by atoms with Gasteiger partial charge in [-0.15, -0.1) is 0 Å². The zero-order chi connectivity index (χ0) is 17.7. The number of nitrogens with zero attached hydrogens (tertiary/aromatic N) is 2. The molecule has 24 heavy (non-hydrogen) atoms. The van der Waals surface area contributed by atoms with Crippen molar-refractivity contribution in [3.8, 4) is 11.8 Å². The molecule has 2 amide bonds. The first-order chi connectivity index (χ1) is 11.5. The number of hydrogen-bond donors (Lipinski definition) is 0. The van der Waals surface area contributed by atoms with Gasteiger partial charge in [0.15, 0.2) is 0 Å². The highest BCUT2D eigenvalue weighted by Crippen LogP contribution is 2.27. The van der Waals surface area contributed by atoms with Crippen LogP contribution in [0, 0.1) is 11.3 Å². The molecule has 0 fully saturated rings. The molecule has 1 aliphatic rings. The Morgan fingerprint density at radius 3 is 2.38 bits per heavy atom. The van der Waals surface area contributed by atoms with Crippen LogP contribution in [0.4, 0.5) is 0 Å². The maximum absolute atomic E-state index is 12.7. The molecule has 0 aromatic heterocycles. The second-order valence-corrected chi connectivity index (χ2v) is 5.20. The fraction of sp³-hybridized carbons (Fsp3) is 0.278. The summed E-state index contributed by atoms with van der Waals surface area (Å²) in [6.07, 6.45) is 1.67. The molecule has 0 aliphatic carbocycles. The zero-order valence-corrected chi connectivity index (χ0v) is 13.8. The largest absolute Gasteiger partial charge is 0.497 e. The molecule has 2 rings (SSSR count). The third-order valence-electron chi connectivity index (χ3n) is 3.77. The van der Waals surface area contributed by atoms with E-state index in [1.165, 1.54) is 7.11 Å². The average Bonchev–Trinajstić information content (AvgIpc) is 2.59. The van der Waals surface area contributed by atoms with E-state index < -0.39 is 11.8 Å². The van der Waals surface area contributed by atoms with Crippen molar-refractivity contribution in [2.24, 2.45) is 0 Å². The van der Waals surface area contributed by atoms with E-state index >= 15 is 0 Å². The molecular formula is C18H18N2O4. The van der Waals surface area contributed by atoms with Crippen LogP contribution in [0.3, 0.4) is 0 Å². The number of benzene rings is 1.